The molecule has 2 aromatic heterocycles. The van der Waals surface area contributed by atoms with E-state index >= 15 is 0 Å². The summed E-state index contributed by atoms with van der Waals surface area (Å²) in [5.74, 6) is 0.885. The molecule has 2 rings (SSSR count). The van der Waals surface area contributed by atoms with Gasteiger partial charge in [-0.3, -0.25) is 0 Å². The van der Waals surface area contributed by atoms with Gasteiger partial charge in [-0.15, -0.1) is 21.5 Å². The van der Waals surface area contributed by atoms with Gasteiger partial charge in [0.1, 0.15) is 10.9 Å². The first-order valence-electron chi connectivity index (χ1n) is 3.93. The van der Waals surface area contributed by atoms with E-state index < -0.39 is 0 Å². The van der Waals surface area contributed by atoms with Crippen LogP contribution in [0.5, 0.6) is 0 Å². The Labute approximate surface area is 93.3 Å². The quantitative estimate of drug-likeness (QED) is 0.924. The smallest absolute Gasteiger partial charge is 0.184 e. The van der Waals surface area contributed by atoms with Crippen LogP contribution in [0.2, 0.25) is 0 Å². The second-order valence-corrected chi connectivity index (χ2v) is 4.36. The number of aryl methyl sites for hydroxylation is 1. The van der Waals surface area contributed by atoms with E-state index in [0.29, 0.717) is 6.54 Å². The van der Waals surface area contributed by atoms with Crippen molar-refractivity contribution in [2.24, 2.45) is 7.05 Å². The molecule has 2 aromatic rings. The number of rotatable bonds is 3. The Morgan fingerprint density at radius 2 is 2.50 bits per heavy atom. The number of aromatic nitrogens is 4. The maximum Gasteiger partial charge on any atom is 0.184 e. The number of halogens is 1. The minimum absolute atomic E-state index is 0.635. The SMILES string of the molecule is Cn1cnnc1CNc1nc(Br)cs1. The molecule has 0 fully saturated rings. The molecule has 0 atom stereocenters. The van der Waals surface area contributed by atoms with E-state index in [1.807, 2.05) is 17.0 Å². The van der Waals surface area contributed by atoms with Crippen molar-refractivity contribution in [3.8, 4) is 0 Å². The third-order valence-corrected chi connectivity index (χ3v) is 3.19. The molecule has 1 N–H and O–H groups in total. The molecule has 0 amide bonds. The van der Waals surface area contributed by atoms with Crippen molar-refractivity contribution in [1.29, 1.82) is 0 Å². The fourth-order valence-electron chi connectivity index (χ4n) is 0.957. The lowest BCUT2D eigenvalue weighted by molar-refractivity contribution is 0.811. The summed E-state index contributed by atoms with van der Waals surface area (Å²) in [5.41, 5.74) is 0. The highest BCUT2D eigenvalue weighted by atomic mass is 79.9. The summed E-state index contributed by atoms with van der Waals surface area (Å²) in [6, 6.07) is 0. The van der Waals surface area contributed by atoms with Gasteiger partial charge in [0.2, 0.25) is 0 Å². The zero-order valence-corrected chi connectivity index (χ0v) is 9.84. The Morgan fingerprint density at radius 3 is 3.07 bits per heavy atom. The normalized spacial score (nSPS) is 10.4. The number of hydrogen-bond donors (Lipinski definition) is 1. The number of nitrogens with one attached hydrogen (secondary N) is 1. The van der Waals surface area contributed by atoms with Crippen molar-refractivity contribution in [3.63, 3.8) is 0 Å². The molecule has 0 aliphatic heterocycles. The minimum Gasteiger partial charge on any atom is -0.354 e. The van der Waals surface area contributed by atoms with Crippen molar-refractivity contribution < 1.29 is 0 Å². The molecule has 0 radical (unpaired) electrons. The van der Waals surface area contributed by atoms with Crippen molar-refractivity contribution in [3.05, 3.63) is 22.1 Å². The van der Waals surface area contributed by atoms with Crippen LogP contribution in [0.15, 0.2) is 16.3 Å². The zero-order chi connectivity index (χ0) is 9.97. The third kappa shape index (κ3) is 2.10. The first kappa shape index (κ1) is 9.60. The average molecular weight is 274 g/mol. The monoisotopic (exact) mass is 273 g/mol. The van der Waals surface area contributed by atoms with Crippen molar-refractivity contribution in [2.75, 3.05) is 5.32 Å². The van der Waals surface area contributed by atoms with Crippen molar-refractivity contribution in [2.45, 2.75) is 6.54 Å². The van der Waals surface area contributed by atoms with Gasteiger partial charge in [0.05, 0.1) is 6.54 Å². The second-order valence-electron chi connectivity index (χ2n) is 2.69. The Kier molecular flexibility index (Phi) is 2.78. The van der Waals surface area contributed by atoms with Gasteiger partial charge in [0.15, 0.2) is 11.0 Å². The number of thiazole rings is 1. The van der Waals surface area contributed by atoms with Crippen LogP contribution in [0.3, 0.4) is 0 Å². The molecular formula is C7H8BrN5S. The van der Waals surface area contributed by atoms with E-state index in [2.05, 4.69) is 36.4 Å². The van der Waals surface area contributed by atoms with E-state index in [-0.39, 0.29) is 0 Å². The molecule has 0 saturated heterocycles. The highest BCUT2D eigenvalue weighted by Gasteiger charge is 2.02. The summed E-state index contributed by atoms with van der Waals surface area (Å²) in [6.07, 6.45) is 1.68. The van der Waals surface area contributed by atoms with Gasteiger partial charge in [0, 0.05) is 12.4 Å². The Bertz CT molecular complexity index is 423. The number of hydrogen-bond acceptors (Lipinski definition) is 5. The molecule has 2 heterocycles. The largest absolute Gasteiger partial charge is 0.354 e. The highest BCUT2D eigenvalue weighted by molar-refractivity contribution is 9.10. The van der Waals surface area contributed by atoms with Crippen molar-refractivity contribution in [1.82, 2.24) is 19.7 Å². The van der Waals surface area contributed by atoms with Crippen LogP contribution in [-0.2, 0) is 13.6 Å². The fraction of sp³-hybridized carbons (Fsp3) is 0.286. The lowest BCUT2D eigenvalue weighted by Gasteiger charge is -2.00. The molecule has 0 unspecified atom stereocenters. The molecule has 14 heavy (non-hydrogen) atoms. The lowest BCUT2D eigenvalue weighted by atomic mass is 10.6. The van der Waals surface area contributed by atoms with E-state index in [1.165, 1.54) is 0 Å². The minimum atomic E-state index is 0.635. The maximum absolute atomic E-state index is 4.21. The summed E-state index contributed by atoms with van der Waals surface area (Å²) >= 11 is 4.84. The first-order valence-corrected chi connectivity index (χ1v) is 5.61. The fourth-order valence-corrected chi connectivity index (χ4v) is 2.10. The van der Waals surface area contributed by atoms with Gasteiger partial charge in [-0.25, -0.2) is 4.98 Å². The molecule has 74 valence electrons. The Hall–Kier alpha value is -0.950. The highest BCUT2D eigenvalue weighted by Crippen LogP contribution is 2.19. The molecule has 5 nitrogen and oxygen atoms in total. The Morgan fingerprint density at radius 1 is 1.64 bits per heavy atom. The van der Waals surface area contributed by atoms with Crippen LogP contribution >= 0.6 is 27.3 Å². The number of nitrogens with zero attached hydrogens (tertiary/aromatic N) is 4. The van der Waals surface area contributed by atoms with Crippen LogP contribution in [0.4, 0.5) is 5.13 Å². The predicted octanol–water partition coefficient (Wildman–Crippen LogP) is 1.65. The van der Waals surface area contributed by atoms with E-state index in [0.717, 1.165) is 15.6 Å². The van der Waals surface area contributed by atoms with Gasteiger partial charge >= 0.3 is 0 Å². The summed E-state index contributed by atoms with van der Waals surface area (Å²) < 4.78 is 2.72. The van der Waals surface area contributed by atoms with Crippen LogP contribution in [0, 0.1) is 0 Å². The van der Waals surface area contributed by atoms with E-state index in [4.69, 9.17) is 0 Å². The van der Waals surface area contributed by atoms with Gasteiger partial charge in [-0.2, -0.15) is 0 Å². The van der Waals surface area contributed by atoms with Crippen molar-refractivity contribution >= 4 is 32.4 Å². The molecule has 0 aliphatic rings. The molecule has 7 heteroatoms. The van der Waals surface area contributed by atoms with E-state index in [9.17, 15) is 0 Å². The van der Waals surface area contributed by atoms with Crippen LogP contribution in [0.25, 0.3) is 0 Å². The van der Waals surface area contributed by atoms with Gasteiger partial charge in [-0.05, 0) is 15.9 Å². The molecule has 0 saturated carbocycles. The summed E-state index contributed by atoms with van der Waals surface area (Å²) in [6.45, 7) is 0.635. The summed E-state index contributed by atoms with van der Waals surface area (Å²) in [4.78, 5) is 4.21. The summed E-state index contributed by atoms with van der Waals surface area (Å²) in [5, 5.41) is 13.7. The molecule has 0 bridgehead atoms. The van der Waals surface area contributed by atoms with Gasteiger partial charge < -0.3 is 9.88 Å². The first-order chi connectivity index (χ1) is 6.75. The molecule has 0 aliphatic carbocycles. The topological polar surface area (TPSA) is 55.6 Å². The third-order valence-electron chi connectivity index (χ3n) is 1.68. The Balaban J connectivity index is 1.98. The predicted molar refractivity (Wildman–Crippen MR) is 58.1 cm³/mol. The van der Waals surface area contributed by atoms with Gasteiger partial charge in [0.25, 0.3) is 0 Å². The maximum atomic E-state index is 4.21. The molecule has 0 spiro atoms. The molecule has 0 aromatic carbocycles. The zero-order valence-electron chi connectivity index (χ0n) is 7.44. The van der Waals surface area contributed by atoms with E-state index in [1.54, 1.807) is 17.7 Å². The summed E-state index contributed by atoms with van der Waals surface area (Å²) in [7, 11) is 1.91. The molecular weight excluding hydrogens is 266 g/mol. The second kappa shape index (κ2) is 4.05. The lowest BCUT2D eigenvalue weighted by Crippen LogP contribution is -2.05. The van der Waals surface area contributed by atoms with Gasteiger partial charge in [-0.1, -0.05) is 0 Å². The number of anilines is 1. The standard InChI is InChI=1S/C7H8BrN5S/c1-13-4-10-12-6(13)2-9-7-11-5(8)3-14-7/h3-4H,2H2,1H3,(H,9,11). The van der Waals surface area contributed by atoms with Crippen LogP contribution in [0.1, 0.15) is 5.82 Å². The van der Waals surface area contributed by atoms with Crippen LogP contribution in [-0.4, -0.2) is 19.7 Å². The van der Waals surface area contributed by atoms with Crippen LogP contribution < -0.4 is 5.32 Å². The average Bonchev–Trinajstić information content (AvgIpc) is 2.72.